The van der Waals surface area contributed by atoms with Crippen LogP contribution in [0.4, 0.5) is 13.2 Å². The molecule has 0 aromatic heterocycles. The van der Waals surface area contributed by atoms with Gasteiger partial charge in [-0.2, -0.15) is 13.2 Å². The van der Waals surface area contributed by atoms with Crippen molar-refractivity contribution >= 4 is 5.97 Å². The van der Waals surface area contributed by atoms with E-state index in [-0.39, 0.29) is 12.0 Å². The first-order valence-corrected chi connectivity index (χ1v) is 8.58. The average Bonchev–Trinajstić information content (AvgIpc) is 3.02. The van der Waals surface area contributed by atoms with Crippen LogP contribution in [0.15, 0.2) is 24.3 Å². The lowest BCUT2D eigenvalue weighted by molar-refractivity contribution is -0.186. The van der Waals surface area contributed by atoms with E-state index in [0.717, 1.165) is 32.1 Å². The van der Waals surface area contributed by atoms with Crippen molar-refractivity contribution < 1.29 is 22.7 Å². The predicted molar refractivity (Wildman–Crippen MR) is 87.0 cm³/mol. The van der Waals surface area contributed by atoms with Crippen molar-refractivity contribution in [2.24, 2.45) is 0 Å². The number of esters is 1. The van der Waals surface area contributed by atoms with Gasteiger partial charge < -0.3 is 4.74 Å². The van der Waals surface area contributed by atoms with Gasteiger partial charge in [0, 0.05) is 0 Å². The van der Waals surface area contributed by atoms with Gasteiger partial charge in [0.25, 0.3) is 0 Å². The second-order valence-corrected chi connectivity index (χ2v) is 6.89. The van der Waals surface area contributed by atoms with Crippen molar-refractivity contribution in [2.75, 3.05) is 0 Å². The lowest BCUT2D eigenvalue weighted by Gasteiger charge is -2.31. The SMILES string of the molecule is CCC1(OC(=O)c2ccc(C(C)(CC)C(F)(F)F)cc2)CCCC1. The zero-order chi connectivity index (χ0) is 18.0. The van der Waals surface area contributed by atoms with Crippen LogP contribution in [0.25, 0.3) is 0 Å². The molecule has 1 aromatic rings. The molecule has 1 fully saturated rings. The van der Waals surface area contributed by atoms with Crippen LogP contribution in [0.3, 0.4) is 0 Å². The van der Waals surface area contributed by atoms with E-state index in [9.17, 15) is 18.0 Å². The molecular weight excluding hydrogens is 317 g/mol. The number of halogens is 3. The van der Waals surface area contributed by atoms with Gasteiger partial charge >= 0.3 is 12.1 Å². The number of carbonyl (C=O) groups is 1. The molecule has 0 aliphatic heterocycles. The molecule has 2 nitrogen and oxygen atoms in total. The van der Waals surface area contributed by atoms with E-state index in [0.29, 0.717) is 5.56 Å². The van der Waals surface area contributed by atoms with Gasteiger partial charge in [0.05, 0.1) is 11.0 Å². The summed E-state index contributed by atoms with van der Waals surface area (Å²) >= 11 is 0. The lowest BCUT2D eigenvalue weighted by atomic mass is 9.79. The Bertz CT molecular complexity index is 571. The van der Waals surface area contributed by atoms with E-state index >= 15 is 0 Å². The molecule has 0 bridgehead atoms. The molecule has 0 heterocycles. The minimum atomic E-state index is -4.33. The third kappa shape index (κ3) is 3.45. The Morgan fingerprint density at radius 3 is 2.08 bits per heavy atom. The first-order chi connectivity index (χ1) is 11.2. The fourth-order valence-corrected chi connectivity index (χ4v) is 3.35. The van der Waals surface area contributed by atoms with Gasteiger partial charge in [0.1, 0.15) is 5.60 Å². The number of carbonyl (C=O) groups excluding carboxylic acids is 1. The maximum atomic E-state index is 13.3. The molecule has 0 N–H and O–H groups in total. The summed E-state index contributed by atoms with van der Waals surface area (Å²) in [6, 6.07) is 5.66. The Kier molecular flexibility index (Phi) is 5.31. The lowest BCUT2D eigenvalue weighted by Crippen LogP contribution is -2.38. The minimum Gasteiger partial charge on any atom is -0.455 e. The van der Waals surface area contributed by atoms with Gasteiger partial charge in [-0.25, -0.2) is 4.79 Å². The first-order valence-electron chi connectivity index (χ1n) is 8.58. The molecule has 1 unspecified atom stereocenters. The van der Waals surface area contributed by atoms with Crippen LogP contribution in [-0.2, 0) is 10.2 Å². The molecule has 1 aliphatic carbocycles. The third-order valence-corrected chi connectivity index (χ3v) is 5.56. The summed E-state index contributed by atoms with van der Waals surface area (Å²) < 4.78 is 45.7. The van der Waals surface area contributed by atoms with E-state index in [1.807, 2.05) is 6.92 Å². The summed E-state index contributed by atoms with van der Waals surface area (Å²) in [6.45, 7) is 4.70. The molecule has 0 spiro atoms. The molecule has 0 saturated heterocycles. The van der Waals surface area contributed by atoms with Crippen molar-refractivity contribution in [3.05, 3.63) is 35.4 Å². The van der Waals surface area contributed by atoms with Gasteiger partial charge in [-0.05, 0) is 63.1 Å². The number of ether oxygens (including phenoxy) is 1. The van der Waals surface area contributed by atoms with Crippen LogP contribution in [-0.4, -0.2) is 17.7 Å². The number of alkyl halides is 3. The summed E-state index contributed by atoms with van der Waals surface area (Å²) in [7, 11) is 0. The van der Waals surface area contributed by atoms with E-state index in [1.54, 1.807) is 0 Å². The van der Waals surface area contributed by atoms with Gasteiger partial charge in [0.15, 0.2) is 0 Å². The number of hydrogen-bond acceptors (Lipinski definition) is 2. The van der Waals surface area contributed by atoms with Crippen LogP contribution in [0.1, 0.15) is 75.2 Å². The largest absolute Gasteiger partial charge is 0.455 e. The van der Waals surface area contributed by atoms with Crippen LogP contribution in [0.5, 0.6) is 0 Å². The Labute approximate surface area is 141 Å². The molecule has 1 aliphatic rings. The zero-order valence-electron chi connectivity index (χ0n) is 14.5. The standard InChI is InChI=1S/C19H25F3O2/c1-4-17(3,19(20,21)22)15-10-8-14(9-11-15)16(23)24-18(5-2)12-6-7-13-18/h8-11H,4-7,12-13H2,1-3H3. The van der Waals surface area contributed by atoms with Gasteiger partial charge in [-0.3, -0.25) is 0 Å². The summed E-state index contributed by atoms with van der Waals surface area (Å²) in [5.41, 5.74) is -1.84. The smallest absolute Gasteiger partial charge is 0.398 e. The fourth-order valence-electron chi connectivity index (χ4n) is 3.35. The highest BCUT2D eigenvalue weighted by Crippen LogP contribution is 2.43. The van der Waals surface area contributed by atoms with Gasteiger partial charge in [-0.1, -0.05) is 26.0 Å². The van der Waals surface area contributed by atoms with Crippen LogP contribution >= 0.6 is 0 Å². The number of rotatable bonds is 5. The average molecular weight is 342 g/mol. The second-order valence-electron chi connectivity index (χ2n) is 6.89. The van der Waals surface area contributed by atoms with Crippen LogP contribution < -0.4 is 0 Å². The molecule has 0 amide bonds. The Morgan fingerprint density at radius 1 is 1.12 bits per heavy atom. The second kappa shape index (κ2) is 6.77. The molecule has 2 rings (SSSR count). The fraction of sp³-hybridized carbons (Fsp3) is 0.632. The Balaban J connectivity index is 2.18. The van der Waals surface area contributed by atoms with Crippen molar-refractivity contribution in [3.63, 3.8) is 0 Å². The maximum absolute atomic E-state index is 13.3. The maximum Gasteiger partial charge on any atom is 0.398 e. The molecule has 134 valence electrons. The summed E-state index contributed by atoms with van der Waals surface area (Å²) in [5, 5.41) is 0. The molecule has 1 atom stereocenters. The highest BCUT2D eigenvalue weighted by atomic mass is 19.4. The molecule has 0 radical (unpaired) electrons. The van der Waals surface area contributed by atoms with Crippen molar-refractivity contribution in [2.45, 2.75) is 76.5 Å². The van der Waals surface area contributed by atoms with Gasteiger partial charge in [0.2, 0.25) is 0 Å². The molecule has 1 aromatic carbocycles. The quantitative estimate of drug-likeness (QED) is 0.633. The predicted octanol–water partition coefficient (Wildman–Crippen LogP) is 5.80. The van der Waals surface area contributed by atoms with Crippen molar-refractivity contribution in [3.8, 4) is 0 Å². The normalized spacial score (nSPS) is 19.8. The molecule has 24 heavy (non-hydrogen) atoms. The third-order valence-electron chi connectivity index (χ3n) is 5.56. The monoisotopic (exact) mass is 342 g/mol. The van der Waals surface area contributed by atoms with E-state index in [4.69, 9.17) is 4.74 Å². The molecule has 1 saturated carbocycles. The number of hydrogen-bond donors (Lipinski definition) is 0. The first kappa shape index (κ1) is 18.8. The minimum absolute atomic E-state index is 0.0563. The van der Waals surface area contributed by atoms with E-state index in [2.05, 4.69) is 0 Å². The summed E-state index contributed by atoms with van der Waals surface area (Å²) in [5.74, 6) is -0.449. The highest BCUT2D eigenvalue weighted by Gasteiger charge is 2.50. The number of benzene rings is 1. The van der Waals surface area contributed by atoms with Crippen molar-refractivity contribution in [1.82, 2.24) is 0 Å². The van der Waals surface area contributed by atoms with Crippen LogP contribution in [0, 0.1) is 0 Å². The van der Waals surface area contributed by atoms with E-state index < -0.39 is 23.2 Å². The van der Waals surface area contributed by atoms with E-state index in [1.165, 1.54) is 38.1 Å². The highest BCUT2D eigenvalue weighted by molar-refractivity contribution is 5.89. The Morgan fingerprint density at radius 2 is 1.67 bits per heavy atom. The molecular formula is C19H25F3O2. The zero-order valence-corrected chi connectivity index (χ0v) is 14.5. The van der Waals surface area contributed by atoms with Crippen molar-refractivity contribution in [1.29, 1.82) is 0 Å². The van der Waals surface area contributed by atoms with Crippen LogP contribution in [0.2, 0.25) is 0 Å². The topological polar surface area (TPSA) is 26.3 Å². The van der Waals surface area contributed by atoms with Gasteiger partial charge in [-0.15, -0.1) is 0 Å². The molecule has 5 heteroatoms. The summed E-state index contributed by atoms with van der Waals surface area (Å²) in [4.78, 5) is 12.3. The summed E-state index contributed by atoms with van der Waals surface area (Å²) in [6.07, 6.45) is 0.170. The Hall–Kier alpha value is -1.52.